The molecule has 0 saturated carbocycles. The Morgan fingerprint density at radius 3 is 2.62 bits per heavy atom. The van der Waals surface area contributed by atoms with Gasteiger partial charge in [0, 0.05) is 17.1 Å². The van der Waals surface area contributed by atoms with Crippen LogP contribution in [0, 0.1) is 0 Å². The predicted molar refractivity (Wildman–Crippen MR) is 93.8 cm³/mol. The van der Waals surface area contributed by atoms with Crippen LogP contribution in [0.2, 0.25) is 5.02 Å². The fourth-order valence-electron chi connectivity index (χ4n) is 3.19. The Labute approximate surface area is 146 Å². The highest BCUT2D eigenvalue weighted by Crippen LogP contribution is 2.28. The molecule has 1 aromatic heterocycles. The van der Waals surface area contributed by atoms with E-state index in [2.05, 4.69) is 45.4 Å². The first-order chi connectivity index (χ1) is 11.8. The number of aromatic nitrogens is 2. The van der Waals surface area contributed by atoms with Crippen molar-refractivity contribution in [1.29, 1.82) is 0 Å². The van der Waals surface area contributed by atoms with Crippen LogP contribution in [-0.2, 0) is 6.54 Å². The van der Waals surface area contributed by atoms with E-state index in [-0.39, 0.29) is 0 Å². The molecule has 2 heterocycles. The zero-order valence-corrected chi connectivity index (χ0v) is 14.0. The number of halogens is 1. The number of likely N-dealkylation sites (tertiary alicyclic amines) is 1. The molecular weight excluding hydrogens is 322 g/mol. The van der Waals surface area contributed by atoms with Crippen molar-refractivity contribution in [2.45, 2.75) is 18.9 Å². The monoisotopic (exact) mass is 339 g/mol. The van der Waals surface area contributed by atoms with E-state index >= 15 is 0 Å². The zero-order valence-electron chi connectivity index (χ0n) is 13.2. The second-order valence-corrected chi connectivity index (χ2v) is 6.58. The van der Waals surface area contributed by atoms with Gasteiger partial charge in [0.15, 0.2) is 0 Å². The van der Waals surface area contributed by atoms with E-state index < -0.39 is 0 Å². The molecule has 3 aromatic rings. The van der Waals surface area contributed by atoms with Crippen molar-refractivity contribution in [2.24, 2.45) is 0 Å². The van der Waals surface area contributed by atoms with Crippen LogP contribution >= 0.6 is 11.6 Å². The van der Waals surface area contributed by atoms with Gasteiger partial charge in [0.05, 0.1) is 6.54 Å². The smallest absolute Gasteiger partial charge is 0.247 e. The van der Waals surface area contributed by atoms with Crippen molar-refractivity contribution in [1.82, 2.24) is 15.1 Å². The van der Waals surface area contributed by atoms with Gasteiger partial charge in [-0.25, -0.2) is 0 Å². The molecule has 4 rings (SSSR count). The zero-order chi connectivity index (χ0) is 16.4. The minimum atomic E-state index is 0.542. The van der Waals surface area contributed by atoms with Crippen LogP contribution in [0.5, 0.6) is 0 Å². The molecular formula is C19H18ClN3O. The Bertz CT molecular complexity index is 801. The third-order valence-corrected chi connectivity index (χ3v) is 4.71. The maximum absolute atomic E-state index is 5.91. The highest BCUT2D eigenvalue weighted by atomic mass is 35.5. The highest BCUT2D eigenvalue weighted by molar-refractivity contribution is 6.30. The van der Waals surface area contributed by atoms with Crippen LogP contribution < -0.4 is 0 Å². The van der Waals surface area contributed by atoms with E-state index in [0.717, 1.165) is 18.7 Å². The van der Waals surface area contributed by atoms with Crippen LogP contribution in [0.15, 0.2) is 59.0 Å². The maximum Gasteiger partial charge on any atom is 0.247 e. The highest BCUT2D eigenvalue weighted by Gasteiger charge is 2.25. The summed E-state index contributed by atoms with van der Waals surface area (Å²) < 4.78 is 5.81. The van der Waals surface area contributed by atoms with Gasteiger partial charge in [-0.1, -0.05) is 41.9 Å². The lowest BCUT2D eigenvalue weighted by molar-refractivity contribution is 0.289. The largest absolute Gasteiger partial charge is 0.419 e. The number of nitrogens with zero attached hydrogens (tertiary/aromatic N) is 3. The number of benzene rings is 2. The Balaban J connectivity index is 1.41. The summed E-state index contributed by atoms with van der Waals surface area (Å²) in [5.74, 6) is 1.79. The summed E-state index contributed by atoms with van der Waals surface area (Å²) in [5, 5.41) is 9.03. The minimum absolute atomic E-state index is 0.542. The third kappa shape index (κ3) is 3.35. The van der Waals surface area contributed by atoms with E-state index in [4.69, 9.17) is 16.0 Å². The lowest BCUT2D eigenvalue weighted by atomic mass is 9.99. The van der Waals surface area contributed by atoms with Crippen molar-refractivity contribution < 1.29 is 4.42 Å². The lowest BCUT2D eigenvalue weighted by Gasteiger charge is -2.13. The minimum Gasteiger partial charge on any atom is -0.419 e. The standard InChI is InChI=1S/C19H18ClN3O/c20-17-8-6-15(7-9-17)19-22-21-18(24-19)13-23-11-10-16(12-23)14-4-2-1-3-5-14/h1-9,16H,10-13H2. The number of hydrogen-bond donors (Lipinski definition) is 0. The fourth-order valence-corrected chi connectivity index (χ4v) is 3.32. The molecule has 0 amide bonds. The molecule has 0 radical (unpaired) electrons. The van der Waals surface area contributed by atoms with E-state index in [0.29, 0.717) is 29.3 Å². The number of rotatable bonds is 4. The second kappa shape index (κ2) is 6.75. The first-order valence-electron chi connectivity index (χ1n) is 8.13. The summed E-state index contributed by atoms with van der Waals surface area (Å²) >= 11 is 5.91. The average Bonchev–Trinajstić information content (AvgIpc) is 3.27. The molecule has 4 nitrogen and oxygen atoms in total. The molecule has 122 valence electrons. The molecule has 0 aliphatic carbocycles. The normalized spacial score (nSPS) is 18.1. The Morgan fingerprint density at radius 1 is 1.04 bits per heavy atom. The van der Waals surface area contributed by atoms with Crippen molar-refractivity contribution >= 4 is 11.6 Å². The van der Waals surface area contributed by atoms with E-state index in [1.165, 1.54) is 12.0 Å². The molecule has 5 heteroatoms. The maximum atomic E-state index is 5.91. The van der Waals surface area contributed by atoms with Gasteiger partial charge < -0.3 is 4.42 Å². The van der Waals surface area contributed by atoms with E-state index in [1.54, 1.807) is 0 Å². The Hall–Kier alpha value is -2.17. The SMILES string of the molecule is Clc1ccc(-c2nnc(CN3CCC(c4ccccc4)C3)o2)cc1. The van der Waals surface area contributed by atoms with Gasteiger partial charge >= 0.3 is 0 Å². The first kappa shape index (κ1) is 15.4. The molecule has 1 saturated heterocycles. The molecule has 0 spiro atoms. The molecule has 2 aromatic carbocycles. The molecule has 1 aliphatic heterocycles. The van der Waals surface area contributed by atoms with Gasteiger partial charge in [-0.15, -0.1) is 10.2 Å². The molecule has 24 heavy (non-hydrogen) atoms. The van der Waals surface area contributed by atoms with Crippen LogP contribution in [0.25, 0.3) is 11.5 Å². The van der Waals surface area contributed by atoms with Crippen LogP contribution in [0.4, 0.5) is 0 Å². The Kier molecular flexibility index (Phi) is 4.32. The van der Waals surface area contributed by atoms with E-state index in [1.807, 2.05) is 24.3 Å². The molecule has 0 bridgehead atoms. The summed E-state index contributed by atoms with van der Waals surface area (Å²) in [5.41, 5.74) is 2.30. The van der Waals surface area contributed by atoms with Gasteiger partial charge in [-0.2, -0.15) is 0 Å². The number of hydrogen-bond acceptors (Lipinski definition) is 4. The Morgan fingerprint density at radius 2 is 1.83 bits per heavy atom. The van der Waals surface area contributed by atoms with Gasteiger partial charge in [-0.05, 0) is 48.7 Å². The van der Waals surface area contributed by atoms with Crippen molar-refractivity contribution in [3.63, 3.8) is 0 Å². The van der Waals surface area contributed by atoms with Crippen LogP contribution in [0.1, 0.15) is 23.8 Å². The summed E-state index contributed by atoms with van der Waals surface area (Å²) in [6.07, 6.45) is 1.17. The lowest BCUT2D eigenvalue weighted by Crippen LogP contribution is -2.19. The predicted octanol–water partition coefficient (Wildman–Crippen LogP) is 4.38. The molecule has 1 aliphatic rings. The summed E-state index contributed by atoms with van der Waals surface area (Å²) in [7, 11) is 0. The molecule has 1 unspecified atom stereocenters. The molecule has 0 N–H and O–H groups in total. The average molecular weight is 340 g/mol. The summed E-state index contributed by atoms with van der Waals surface area (Å²) in [6.45, 7) is 2.78. The third-order valence-electron chi connectivity index (χ3n) is 4.46. The topological polar surface area (TPSA) is 42.2 Å². The van der Waals surface area contributed by atoms with Gasteiger partial charge in [0.25, 0.3) is 0 Å². The van der Waals surface area contributed by atoms with Crippen molar-refractivity contribution in [3.8, 4) is 11.5 Å². The fraction of sp³-hybridized carbons (Fsp3) is 0.263. The second-order valence-electron chi connectivity index (χ2n) is 6.14. The van der Waals surface area contributed by atoms with Crippen LogP contribution in [-0.4, -0.2) is 28.2 Å². The molecule has 1 fully saturated rings. The van der Waals surface area contributed by atoms with E-state index in [9.17, 15) is 0 Å². The van der Waals surface area contributed by atoms with Gasteiger partial charge in [-0.3, -0.25) is 4.90 Å². The van der Waals surface area contributed by atoms with Gasteiger partial charge in [0.1, 0.15) is 0 Å². The molecule has 1 atom stereocenters. The van der Waals surface area contributed by atoms with Crippen molar-refractivity contribution in [2.75, 3.05) is 13.1 Å². The quantitative estimate of drug-likeness (QED) is 0.707. The van der Waals surface area contributed by atoms with Crippen LogP contribution in [0.3, 0.4) is 0 Å². The summed E-state index contributed by atoms with van der Waals surface area (Å²) in [4.78, 5) is 2.37. The first-order valence-corrected chi connectivity index (χ1v) is 8.51. The van der Waals surface area contributed by atoms with Gasteiger partial charge in [0.2, 0.25) is 11.8 Å². The van der Waals surface area contributed by atoms with Crippen molar-refractivity contribution in [3.05, 3.63) is 71.1 Å². The summed E-state index contributed by atoms with van der Waals surface area (Å²) in [6, 6.07) is 18.1.